The molecule has 0 N–H and O–H groups in total. The monoisotopic (exact) mass is 508 g/mol. The van der Waals surface area contributed by atoms with Crippen LogP contribution in [0.3, 0.4) is 0 Å². The summed E-state index contributed by atoms with van der Waals surface area (Å²) in [5.74, 6) is -0.0396. The third-order valence-electron chi connectivity index (χ3n) is 6.68. The van der Waals surface area contributed by atoms with Gasteiger partial charge in [0.2, 0.25) is 0 Å². The van der Waals surface area contributed by atoms with Gasteiger partial charge in [0.1, 0.15) is 0 Å². The first-order valence-corrected chi connectivity index (χ1v) is 13.5. The smallest absolute Gasteiger partial charge is 0.267 e. The minimum absolute atomic E-state index is 0.0278. The van der Waals surface area contributed by atoms with Gasteiger partial charge in [0.05, 0.1) is 22.7 Å². The van der Waals surface area contributed by atoms with E-state index in [1.807, 2.05) is 48.5 Å². The average molecular weight is 509 g/mol. The van der Waals surface area contributed by atoms with Crippen LogP contribution in [-0.2, 0) is 11.3 Å². The molecule has 0 bridgehead atoms. The highest BCUT2D eigenvalue weighted by Gasteiger charge is 2.34. The zero-order valence-electron chi connectivity index (χ0n) is 21.8. The van der Waals surface area contributed by atoms with E-state index in [0.29, 0.717) is 16.6 Å². The van der Waals surface area contributed by atoms with Crippen molar-refractivity contribution in [3.05, 3.63) is 101 Å². The molecule has 0 saturated carbocycles. The molecule has 2 aliphatic heterocycles. The van der Waals surface area contributed by atoms with Gasteiger partial charge in [0, 0.05) is 30.2 Å². The van der Waals surface area contributed by atoms with E-state index in [1.54, 1.807) is 17.3 Å². The van der Waals surface area contributed by atoms with Crippen molar-refractivity contribution in [3.8, 4) is 0 Å². The Hall–Kier alpha value is -3.64. The predicted octanol–water partition coefficient (Wildman–Crippen LogP) is 7.30. The van der Waals surface area contributed by atoms with Crippen molar-refractivity contribution in [2.24, 2.45) is 4.99 Å². The van der Waals surface area contributed by atoms with Crippen LogP contribution in [0.4, 0.5) is 11.4 Å². The number of aliphatic imine (C=N–C) groups is 1. The average Bonchev–Trinajstić information content (AvgIpc) is 3.16. The van der Waals surface area contributed by atoms with Crippen LogP contribution in [0.5, 0.6) is 0 Å². The maximum absolute atomic E-state index is 13.6. The number of benzene rings is 2. The van der Waals surface area contributed by atoms with Gasteiger partial charge in [-0.2, -0.15) is 0 Å². The van der Waals surface area contributed by atoms with E-state index >= 15 is 0 Å². The quantitative estimate of drug-likeness (QED) is 0.328. The van der Waals surface area contributed by atoms with E-state index in [-0.39, 0.29) is 11.4 Å². The largest absolute Gasteiger partial charge is 0.362 e. The number of anilines is 1. The van der Waals surface area contributed by atoms with Crippen LogP contribution in [0, 0.1) is 0 Å². The number of nitrogens with zero attached hydrogens (tertiary/aromatic N) is 4. The van der Waals surface area contributed by atoms with Crippen molar-refractivity contribution >= 4 is 45.9 Å². The van der Waals surface area contributed by atoms with E-state index < -0.39 is 0 Å². The van der Waals surface area contributed by atoms with Crippen molar-refractivity contribution in [2.45, 2.75) is 46.2 Å². The molecule has 0 radical (unpaired) electrons. The zero-order chi connectivity index (χ0) is 26.0. The van der Waals surface area contributed by atoms with Gasteiger partial charge in [-0.1, -0.05) is 43.3 Å². The van der Waals surface area contributed by atoms with Crippen LogP contribution in [-0.4, -0.2) is 33.0 Å². The first-order chi connectivity index (χ1) is 17.9. The van der Waals surface area contributed by atoms with E-state index in [9.17, 15) is 4.79 Å². The number of hydrogen-bond acceptors (Lipinski definition) is 5. The molecule has 2 aliphatic rings. The molecule has 37 heavy (non-hydrogen) atoms. The predicted molar refractivity (Wildman–Crippen MR) is 156 cm³/mol. The second kappa shape index (κ2) is 10.4. The fraction of sp³-hybridized carbons (Fsp3) is 0.258. The number of allylic oxidation sites excluding steroid dienone is 1. The Labute approximate surface area is 223 Å². The van der Waals surface area contributed by atoms with Gasteiger partial charge in [0.25, 0.3) is 5.91 Å². The number of para-hydroxylation sites is 1. The SMILES string of the molecule is CCCN1c2ccc(/C=C3/SC(=Nc4ccccc4)N(Cc4cccnc4)C3=O)cc2C(C)=CC1(C)C. The summed E-state index contributed by atoms with van der Waals surface area (Å²) in [6, 6.07) is 20.2. The van der Waals surface area contributed by atoms with Gasteiger partial charge in [-0.3, -0.25) is 14.7 Å². The number of hydrogen-bond donors (Lipinski definition) is 0. The molecule has 3 aromatic rings. The fourth-order valence-electron chi connectivity index (χ4n) is 4.99. The Morgan fingerprint density at radius 3 is 2.62 bits per heavy atom. The number of rotatable bonds is 6. The minimum Gasteiger partial charge on any atom is -0.362 e. The molecular weight excluding hydrogens is 476 g/mol. The molecule has 0 atom stereocenters. The van der Waals surface area contributed by atoms with Crippen LogP contribution in [0.15, 0.2) is 89.0 Å². The van der Waals surface area contributed by atoms with Gasteiger partial charge in [0.15, 0.2) is 5.17 Å². The van der Waals surface area contributed by atoms with E-state index in [2.05, 4.69) is 61.9 Å². The molecule has 1 amide bonds. The summed E-state index contributed by atoms with van der Waals surface area (Å²) in [4.78, 5) is 27.5. The van der Waals surface area contributed by atoms with E-state index in [0.717, 1.165) is 29.8 Å². The van der Waals surface area contributed by atoms with Gasteiger partial charge in [-0.05, 0) is 92.1 Å². The molecule has 0 unspecified atom stereocenters. The molecule has 5 rings (SSSR count). The summed E-state index contributed by atoms with van der Waals surface area (Å²) >= 11 is 1.42. The lowest BCUT2D eigenvalue weighted by molar-refractivity contribution is -0.122. The number of carbonyl (C=O) groups is 1. The molecule has 2 aromatic carbocycles. The third kappa shape index (κ3) is 5.25. The standard InChI is InChI=1S/C31H32N4OS/c1-5-16-35-27-14-13-23(17-26(27)22(2)19-31(35,3)4)18-28-29(36)34(21-24-10-9-15-32-20-24)30(37-28)33-25-11-7-6-8-12-25/h6-15,17-20H,5,16,21H2,1-4H3/b28-18+,33-30?. The van der Waals surface area contributed by atoms with Gasteiger partial charge in [-0.15, -0.1) is 0 Å². The molecule has 6 heteroatoms. The van der Waals surface area contributed by atoms with Crippen molar-refractivity contribution in [3.63, 3.8) is 0 Å². The number of amidine groups is 1. The van der Waals surface area contributed by atoms with Crippen molar-refractivity contribution in [2.75, 3.05) is 11.4 Å². The number of thioether (sulfide) groups is 1. The maximum Gasteiger partial charge on any atom is 0.267 e. The first-order valence-electron chi connectivity index (χ1n) is 12.7. The maximum atomic E-state index is 13.6. The number of carbonyl (C=O) groups excluding carboxylic acids is 1. The lowest BCUT2D eigenvalue weighted by Gasteiger charge is -2.43. The van der Waals surface area contributed by atoms with Crippen LogP contribution in [0.25, 0.3) is 11.6 Å². The molecule has 1 fully saturated rings. The number of amides is 1. The lowest BCUT2D eigenvalue weighted by Crippen LogP contribution is -2.45. The Morgan fingerprint density at radius 1 is 1.08 bits per heavy atom. The third-order valence-corrected chi connectivity index (χ3v) is 7.69. The molecule has 0 spiro atoms. The van der Waals surface area contributed by atoms with Gasteiger partial charge >= 0.3 is 0 Å². The molecule has 0 aliphatic carbocycles. The molecule has 1 aromatic heterocycles. The molecule has 5 nitrogen and oxygen atoms in total. The highest BCUT2D eigenvalue weighted by Crippen LogP contribution is 2.41. The summed E-state index contributed by atoms with van der Waals surface area (Å²) in [5, 5.41) is 0.677. The second-order valence-corrected chi connectivity index (χ2v) is 11.0. The Morgan fingerprint density at radius 2 is 1.89 bits per heavy atom. The van der Waals surface area contributed by atoms with Crippen molar-refractivity contribution in [1.82, 2.24) is 9.88 Å². The number of aromatic nitrogens is 1. The number of pyridine rings is 1. The van der Waals surface area contributed by atoms with Crippen molar-refractivity contribution < 1.29 is 4.79 Å². The van der Waals surface area contributed by atoms with Crippen LogP contribution >= 0.6 is 11.8 Å². The summed E-state index contributed by atoms with van der Waals surface area (Å²) in [7, 11) is 0. The highest BCUT2D eigenvalue weighted by molar-refractivity contribution is 8.18. The highest BCUT2D eigenvalue weighted by atomic mass is 32.2. The van der Waals surface area contributed by atoms with Crippen LogP contribution < -0.4 is 4.90 Å². The second-order valence-electron chi connectivity index (χ2n) is 10.0. The van der Waals surface area contributed by atoms with Gasteiger partial charge < -0.3 is 4.90 Å². The fourth-order valence-corrected chi connectivity index (χ4v) is 5.99. The Bertz CT molecular complexity index is 1390. The van der Waals surface area contributed by atoms with Crippen molar-refractivity contribution in [1.29, 1.82) is 0 Å². The van der Waals surface area contributed by atoms with Gasteiger partial charge in [-0.25, -0.2) is 4.99 Å². The normalized spacial score (nSPS) is 18.9. The first kappa shape index (κ1) is 25.0. The van der Waals surface area contributed by atoms with Crippen LogP contribution in [0.2, 0.25) is 0 Å². The van der Waals surface area contributed by atoms with E-state index in [4.69, 9.17) is 4.99 Å². The van der Waals surface area contributed by atoms with Crippen LogP contribution in [0.1, 0.15) is 50.8 Å². The van der Waals surface area contributed by atoms with E-state index in [1.165, 1.54) is 28.6 Å². The molecule has 1 saturated heterocycles. The summed E-state index contributed by atoms with van der Waals surface area (Å²) in [5.41, 5.74) is 6.52. The molecule has 188 valence electrons. The summed E-state index contributed by atoms with van der Waals surface area (Å²) < 4.78 is 0. The summed E-state index contributed by atoms with van der Waals surface area (Å²) in [6.07, 6.45) is 8.96. The lowest BCUT2D eigenvalue weighted by atomic mass is 9.88. The molecule has 3 heterocycles. The Balaban J connectivity index is 1.50. The molecular formula is C31H32N4OS. The summed E-state index contributed by atoms with van der Waals surface area (Å²) in [6.45, 7) is 10.4. The number of fused-ring (bicyclic) bond motifs is 1. The minimum atomic E-state index is -0.0396. The Kier molecular flexibility index (Phi) is 7.02. The zero-order valence-corrected chi connectivity index (χ0v) is 22.6. The topological polar surface area (TPSA) is 48.8 Å².